The van der Waals surface area contributed by atoms with Crippen LogP contribution in [0.1, 0.15) is 30.4 Å². The van der Waals surface area contributed by atoms with Gasteiger partial charge in [0.05, 0.1) is 11.0 Å². The highest BCUT2D eigenvalue weighted by molar-refractivity contribution is 5.79. The molecule has 4 nitrogen and oxygen atoms in total. The molecule has 1 aromatic heterocycles. The molecule has 1 unspecified atom stereocenters. The first-order valence-corrected chi connectivity index (χ1v) is 12.4. The molecule has 0 saturated carbocycles. The molecule has 1 aliphatic heterocycles. The van der Waals surface area contributed by atoms with Crippen LogP contribution in [0.2, 0.25) is 0 Å². The van der Waals surface area contributed by atoms with E-state index in [0.29, 0.717) is 0 Å². The molecule has 36 heavy (non-hydrogen) atoms. The highest BCUT2D eigenvalue weighted by Crippen LogP contribution is 2.42. The van der Waals surface area contributed by atoms with Gasteiger partial charge in [0.2, 0.25) is 0 Å². The molecule has 0 amide bonds. The predicted molar refractivity (Wildman–Crippen MR) is 139 cm³/mol. The Kier molecular flexibility index (Phi) is 5.69. The molecule has 1 atom stereocenters. The molecule has 0 spiro atoms. The number of aromatic nitrogens is 2. The van der Waals surface area contributed by atoms with Crippen molar-refractivity contribution in [1.29, 1.82) is 0 Å². The van der Waals surface area contributed by atoms with Crippen molar-refractivity contribution in [1.82, 2.24) is 14.5 Å². The van der Waals surface area contributed by atoms with Crippen molar-refractivity contribution in [3.05, 3.63) is 124 Å². The first-order valence-electron chi connectivity index (χ1n) is 12.4. The summed E-state index contributed by atoms with van der Waals surface area (Å²) >= 11 is 0. The quantitative estimate of drug-likeness (QED) is 0.370. The molecular formula is C30H27F2N3O. The van der Waals surface area contributed by atoms with Crippen molar-refractivity contribution in [2.75, 3.05) is 13.1 Å². The van der Waals surface area contributed by atoms with Crippen molar-refractivity contribution in [2.45, 2.75) is 30.7 Å². The van der Waals surface area contributed by atoms with Gasteiger partial charge in [-0.2, -0.15) is 0 Å². The maximum absolute atomic E-state index is 13.7. The Balaban J connectivity index is 1.27. The number of imidazole rings is 1. The average molecular weight is 484 g/mol. The van der Waals surface area contributed by atoms with Crippen LogP contribution >= 0.6 is 0 Å². The van der Waals surface area contributed by atoms with E-state index in [0.717, 1.165) is 60.2 Å². The van der Waals surface area contributed by atoms with Crippen LogP contribution in [0.4, 0.5) is 8.78 Å². The third-order valence-corrected chi connectivity index (χ3v) is 7.72. The number of para-hydroxylation sites is 2. The lowest BCUT2D eigenvalue weighted by Gasteiger charge is -2.41. The number of allylic oxidation sites excluding steroid dienone is 1. The summed E-state index contributed by atoms with van der Waals surface area (Å²) in [6.07, 6.45) is 9.15. The van der Waals surface area contributed by atoms with E-state index in [1.54, 1.807) is 4.57 Å². The standard InChI is InChI=1S/C30H27F2N3O/c31-23-9-5-21(6-10-23)30(22-7-11-24(32)12-8-22)17-13-25(14-18-30)34-19-15-26(16-20-34)35-28-4-2-1-3-27(28)33-29(35)36/h1-13,15,17,25H,14,16,18-20H2,(H,33,36). The predicted octanol–water partition coefficient (Wildman–Crippen LogP) is 5.86. The third kappa shape index (κ3) is 3.91. The Morgan fingerprint density at radius 3 is 2.14 bits per heavy atom. The van der Waals surface area contributed by atoms with Crippen LogP contribution in [0, 0.1) is 11.6 Å². The maximum atomic E-state index is 13.7. The molecule has 0 bridgehead atoms. The van der Waals surface area contributed by atoms with E-state index in [-0.39, 0.29) is 23.4 Å². The fraction of sp³-hybridized carbons (Fsp3) is 0.233. The van der Waals surface area contributed by atoms with Crippen molar-refractivity contribution >= 4 is 16.7 Å². The molecule has 6 heteroatoms. The zero-order chi connectivity index (χ0) is 24.7. The van der Waals surface area contributed by atoms with Gasteiger partial charge in [0.25, 0.3) is 0 Å². The van der Waals surface area contributed by atoms with Gasteiger partial charge in [-0.05, 0) is 60.4 Å². The van der Waals surface area contributed by atoms with E-state index in [4.69, 9.17) is 0 Å². The van der Waals surface area contributed by atoms with Crippen LogP contribution in [-0.2, 0) is 5.41 Å². The monoisotopic (exact) mass is 483 g/mol. The second-order valence-corrected chi connectivity index (χ2v) is 9.67. The minimum Gasteiger partial charge on any atom is -0.305 e. The summed E-state index contributed by atoms with van der Waals surface area (Å²) in [4.78, 5) is 18.0. The number of aromatic amines is 1. The van der Waals surface area contributed by atoms with Gasteiger partial charge >= 0.3 is 5.69 Å². The molecule has 1 aliphatic carbocycles. The molecule has 0 radical (unpaired) electrons. The van der Waals surface area contributed by atoms with Gasteiger partial charge in [0, 0.05) is 36.7 Å². The van der Waals surface area contributed by atoms with E-state index in [1.165, 1.54) is 24.3 Å². The van der Waals surface area contributed by atoms with E-state index >= 15 is 0 Å². The van der Waals surface area contributed by atoms with Gasteiger partial charge in [-0.25, -0.2) is 13.6 Å². The molecule has 2 heterocycles. The van der Waals surface area contributed by atoms with Crippen LogP contribution in [0.3, 0.4) is 0 Å². The molecule has 2 aliphatic rings. The number of benzene rings is 3. The highest BCUT2D eigenvalue weighted by atomic mass is 19.1. The summed E-state index contributed by atoms with van der Waals surface area (Å²) in [5.41, 5.74) is 4.26. The molecule has 0 saturated heterocycles. The lowest BCUT2D eigenvalue weighted by molar-refractivity contribution is 0.224. The van der Waals surface area contributed by atoms with Crippen LogP contribution in [0.5, 0.6) is 0 Å². The van der Waals surface area contributed by atoms with Crippen LogP contribution in [0.15, 0.2) is 95.8 Å². The number of fused-ring (bicyclic) bond motifs is 1. The molecule has 3 aromatic carbocycles. The topological polar surface area (TPSA) is 41.0 Å². The Morgan fingerprint density at radius 2 is 1.56 bits per heavy atom. The van der Waals surface area contributed by atoms with Crippen LogP contribution in [0.25, 0.3) is 16.7 Å². The lowest BCUT2D eigenvalue weighted by atomic mass is 9.68. The Labute approximate surface area is 208 Å². The van der Waals surface area contributed by atoms with E-state index in [2.05, 4.69) is 28.1 Å². The second-order valence-electron chi connectivity index (χ2n) is 9.67. The minimum atomic E-state index is -0.425. The normalized spacial score (nSPS) is 19.9. The average Bonchev–Trinajstić information content (AvgIpc) is 3.25. The fourth-order valence-electron chi connectivity index (χ4n) is 5.80. The summed E-state index contributed by atoms with van der Waals surface area (Å²) < 4.78 is 29.2. The van der Waals surface area contributed by atoms with Crippen LogP contribution < -0.4 is 5.69 Å². The van der Waals surface area contributed by atoms with Crippen LogP contribution in [-0.4, -0.2) is 33.6 Å². The van der Waals surface area contributed by atoms with E-state index in [9.17, 15) is 13.6 Å². The second kappa shape index (κ2) is 9.03. The number of halogens is 2. The molecule has 4 aromatic rings. The molecule has 6 rings (SSSR count). The van der Waals surface area contributed by atoms with Crippen molar-refractivity contribution in [3.8, 4) is 0 Å². The number of rotatable bonds is 4. The van der Waals surface area contributed by atoms with Gasteiger partial charge < -0.3 is 4.98 Å². The Hall–Kier alpha value is -3.77. The molecule has 0 fully saturated rings. The largest absolute Gasteiger partial charge is 0.330 e. The summed E-state index contributed by atoms with van der Waals surface area (Å²) in [6, 6.07) is 21.3. The van der Waals surface area contributed by atoms with Gasteiger partial charge in [0.15, 0.2) is 0 Å². The summed E-state index contributed by atoms with van der Waals surface area (Å²) in [5.74, 6) is -0.535. The van der Waals surface area contributed by atoms with Gasteiger partial charge in [-0.1, -0.05) is 54.6 Å². The van der Waals surface area contributed by atoms with E-state index in [1.807, 2.05) is 48.5 Å². The zero-order valence-electron chi connectivity index (χ0n) is 19.8. The number of hydrogen-bond acceptors (Lipinski definition) is 2. The fourth-order valence-corrected chi connectivity index (χ4v) is 5.80. The smallest absolute Gasteiger partial charge is 0.305 e. The van der Waals surface area contributed by atoms with Crippen molar-refractivity contribution in [2.24, 2.45) is 0 Å². The number of hydrogen-bond donors (Lipinski definition) is 1. The summed E-state index contributed by atoms with van der Waals surface area (Å²) in [7, 11) is 0. The minimum absolute atomic E-state index is 0.100. The molecule has 1 N–H and O–H groups in total. The van der Waals surface area contributed by atoms with Gasteiger partial charge in [-0.15, -0.1) is 0 Å². The third-order valence-electron chi connectivity index (χ3n) is 7.72. The number of nitrogens with one attached hydrogen (secondary N) is 1. The lowest BCUT2D eigenvalue weighted by Crippen LogP contribution is -2.42. The molecular weight excluding hydrogens is 456 g/mol. The summed E-state index contributed by atoms with van der Waals surface area (Å²) in [6.45, 7) is 1.61. The Morgan fingerprint density at radius 1 is 0.889 bits per heavy atom. The SMILES string of the molecule is O=c1[nH]c2ccccc2n1C1=CCN(C2C=CC(c3ccc(F)cc3)(c3ccc(F)cc3)CC2)CC1. The number of nitrogens with zero attached hydrogens (tertiary/aromatic N) is 2. The van der Waals surface area contributed by atoms with Gasteiger partial charge in [-0.3, -0.25) is 9.47 Å². The number of H-pyrrole nitrogens is 1. The van der Waals surface area contributed by atoms with Crippen molar-refractivity contribution < 1.29 is 8.78 Å². The first-order chi connectivity index (χ1) is 17.5. The van der Waals surface area contributed by atoms with E-state index < -0.39 is 5.41 Å². The zero-order valence-corrected chi connectivity index (χ0v) is 19.8. The maximum Gasteiger partial charge on any atom is 0.330 e. The van der Waals surface area contributed by atoms with Crippen molar-refractivity contribution in [3.63, 3.8) is 0 Å². The summed E-state index contributed by atoms with van der Waals surface area (Å²) in [5, 5.41) is 0. The Bertz CT molecular complexity index is 1470. The van der Waals surface area contributed by atoms with Gasteiger partial charge in [0.1, 0.15) is 11.6 Å². The highest BCUT2D eigenvalue weighted by Gasteiger charge is 2.36. The first kappa shape index (κ1) is 22.7. The molecule has 182 valence electrons.